The van der Waals surface area contributed by atoms with Crippen LogP contribution < -0.4 is 10.2 Å². The van der Waals surface area contributed by atoms with Gasteiger partial charge in [-0.25, -0.2) is 4.98 Å². The summed E-state index contributed by atoms with van der Waals surface area (Å²) in [5.41, 5.74) is 5.31. The van der Waals surface area contributed by atoms with Crippen LogP contribution in [0.25, 0.3) is 23.1 Å². The minimum Gasteiger partial charge on any atom is -0.382 e. The van der Waals surface area contributed by atoms with E-state index in [0.29, 0.717) is 6.04 Å². The molecule has 0 saturated carbocycles. The summed E-state index contributed by atoms with van der Waals surface area (Å²) < 4.78 is 0. The lowest BCUT2D eigenvalue weighted by molar-refractivity contribution is 0.295. The Bertz CT molecular complexity index is 1060. The lowest BCUT2D eigenvalue weighted by atomic mass is 10.1. The van der Waals surface area contributed by atoms with Crippen molar-refractivity contribution in [3.63, 3.8) is 0 Å². The van der Waals surface area contributed by atoms with E-state index >= 15 is 0 Å². The Kier molecular flexibility index (Phi) is 9.16. The summed E-state index contributed by atoms with van der Waals surface area (Å²) in [4.78, 5) is 9.53. The quantitative estimate of drug-likeness (QED) is 0.329. The maximum Gasteiger partial charge on any atom is 0.0750 e. The minimum atomic E-state index is 0.382. The molecule has 3 rings (SSSR count). The van der Waals surface area contributed by atoms with Gasteiger partial charge in [0.15, 0.2) is 0 Å². The summed E-state index contributed by atoms with van der Waals surface area (Å²) in [7, 11) is 4.12. The first kappa shape index (κ1) is 25.1. The highest BCUT2D eigenvalue weighted by molar-refractivity contribution is 6.30. The maximum atomic E-state index is 6.02. The molecule has 0 unspecified atom stereocenters. The molecule has 1 aromatic heterocycles. The van der Waals surface area contributed by atoms with Gasteiger partial charge in [0.1, 0.15) is 0 Å². The summed E-state index contributed by atoms with van der Waals surface area (Å²) in [6.07, 6.45) is 6.47. The van der Waals surface area contributed by atoms with Crippen LogP contribution >= 0.6 is 11.6 Å². The van der Waals surface area contributed by atoms with Gasteiger partial charge in [0.25, 0.3) is 0 Å². The molecule has 0 spiro atoms. The third-order valence-electron chi connectivity index (χ3n) is 6.05. The molecule has 2 aromatic carbocycles. The lowest BCUT2D eigenvalue weighted by Gasteiger charge is -2.21. The summed E-state index contributed by atoms with van der Waals surface area (Å²) in [6, 6.07) is 16.9. The highest BCUT2D eigenvalue weighted by Gasteiger charge is 2.10. The van der Waals surface area contributed by atoms with Gasteiger partial charge in [-0.15, -0.1) is 0 Å². The number of pyridine rings is 1. The number of hydrogen-bond acceptors (Lipinski definition) is 4. The first-order valence-electron chi connectivity index (χ1n) is 11.9. The molecule has 33 heavy (non-hydrogen) atoms. The molecule has 0 aliphatic heterocycles. The molecule has 1 atom stereocenters. The van der Waals surface area contributed by atoms with Gasteiger partial charge in [0, 0.05) is 41.9 Å². The van der Waals surface area contributed by atoms with E-state index in [1.165, 1.54) is 6.42 Å². The van der Waals surface area contributed by atoms with Crippen molar-refractivity contribution in [2.45, 2.75) is 39.7 Å². The molecule has 0 aliphatic rings. The monoisotopic (exact) mass is 464 g/mol. The largest absolute Gasteiger partial charge is 0.382 e. The number of hydrogen-bond donors (Lipinski definition) is 1. The number of nitrogens with zero attached hydrogens (tertiary/aromatic N) is 3. The summed E-state index contributed by atoms with van der Waals surface area (Å²) in [6.45, 7) is 10.1. The van der Waals surface area contributed by atoms with E-state index in [-0.39, 0.29) is 0 Å². The van der Waals surface area contributed by atoms with Crippen LogP contribution in [0.4, 0.5) is 11.4 Å². The second kappa shape index (κ2) is 12.1. The second-order valence-corrected chi connectivity index (χ2v) is 9.23. The van der Waals surface area contributed by atoms with Crippen molar-refractivity contribution in [3.8, 4) is 0 Å². The summed E-state index contributed by atoms with van der Waals surface area (Å²) >= 11 is 6.02. The van der Waals surface area contributed by atoms with Crippen LogP contribution in [0, 0.1) is 0 Å². The average Bonchev–Trinajstić information content (AvgIpc) is 2.81. The van der Waals surface area contributed by atoms with E-state index in [1.54, 1.807) is 0 Å². The smallest absolute Gasteiger partial charge is 0.0750 e. The van der Waals surface area contributed by atoms with Crippen LogP contribution in [0.15, 0.2) is 48.5 Å². The van der Waals surface area contributed by atoms with Crippen LogP contribution in [0.3, 0.4) is 0 Å². The van der Waals surface area contributed by atoms with Gasteiger partial charge < -0.3 is 15.1 Å². The SMILES string of the molecule is CCN(CC)CCC[C@@H](C)Nc1cc(/C=C/c2ccc(Cl)cc2)nc2cc(N(C)C)ccc12. The van der Waals surface area contributed by atoms with Gasteiger partial charge in [-0.1, -0.05) is 43.7 Å². The average molecular weight is 465 g/mol. The van der Waals surface area contributed by atoms with Gasteiger partial charge >= 0.3 is 0 Å². The molecule has 0 amide bonds. The van der Waals surface area contributed by atoms with Crippen molar-refractivity contribution in [1.82, 2.24) is 9.88 Å². The van der Waals surface area contributed by atoms with E-state index < -0.39 is 0 Å². The number of rotatable bonds is 11. The Hall–Kier alpha value is -2.56. The first-order chi connectivity index (χ1) is 15.9. The molecule has 0 aliphatic carbocycles. The van der Waals surface area contributed by atoms with E-state index in [4.69, 9.17) is 16.6 Å². The maximum absolute atomic E-state index is 6.02. The Morgan fingerprint density at radius 1 is 1.00 bits per heavy atom. The Morgan fingerprint density at radius 2 is 1.73 bits per heavy atom. The van der Waals surface area contributed by atoms with Crippen LogP contribution in [-0.2, 0) is 0 Å². The first-order valence-corrected chi connectivity index (χ1v) is 12.3. The lowest BCUT2D eigenvalue weighted by Crippen LogP contribution is -2.25. The highest BCUT2D eigenvalue weighted by Crippen LogP contribution is 2.28. The molecule has 3 aromatic rings. The molecule has 4 nitrogen and oxygen atoms in total. The number of benzene rings is 2. The molecule has 1 heterocycles. The van der Waals surface area contributed by atoms with Crippen molar-refractivity contribution >= 4 is 46.0 Å². The number of nitrogens with one attached hydrogen (secondary N) is 1. The Labute approximate surface area is 204 Å². The van der Waals surface area contributed by atoms with E-state index in [0.717, 1.165) is 64.6 Å². The zero-order chi connectivity index (χ0) is 23.8. The molecule has 0 fully saturated rings. The fourth-order valence-corrected chi connectivity index (χ4v) is 4.10. The Morgan fingerprint density at radius 3 is 2.39 bits per heavy atom. The fraction of sp³-hybridized carbons (Fsp3) is 0.393. The molecular weight excluding hydrogens is 428 g/mol. The summed E-state index contributed by atoms with van der Waals surface area (Å²) in [5.74, 6) is 0. The molecule has 0 radical (unpaired) electrons. The molecule has 1 N–H and O–H groups in total. The third kappa shape index (κ3) is 7.21. The molecule has 0 saturated heterocycles. The topological polar surface area (TPSA) is 31.4 Å². The van der Waals surface area contributed by atoms with Crippen molar-refractivity contribution in [3.05, 3.63) is 64.8 Å². The normalized spacial score (nSPS) is 12.6. The molecule has 5 heteroatoms. The van der Waals surface area contributed by atoms with Crippen LogP contribution in [0.1, 0.15) is 44.9 Å². The fourth-order valence-electron chi connectivity index (χ4n) is 3.97. The minimum absolute atomic E-state index is 0.382. The van der Waals surface area contributed by atoms with Crippen molar-refractivity contribution in [2.24, 2.45) is 0 Å². The highest BCUT2D eigenvalue weighted by atomic mass is 35.5. The Balaban J connectivity index is 1.85. The van der Waals surface area contributed by atoms with Crippen molar-refractivity contribution in [1.29, 1.82) is 0 Å². The molecule has 176 valence electrons. The zero-order valence-electron chi connectivity index (χ0n) is 20.6. The van der Waals surface area contributed by atoms with Gasteiger partial charge in [-0.3, -0.25) is 0 Å². The van der Waals surface area contributed by atoms with Gasteiger partial charge in [-0.05, 0) is 87.4 Å². The van der Waals surface area contributed by atoms with Crippen LogP contribution in [0.2, 0.25) is 5.02 Å². The van der Waals surface area contributed by atoms with E-state index in [1.807, 2.05) is 24.3 Å². The predicted octanol–water partition coefficient (Wildman–Crippen LogP) is 7.05. The molecular formula is C28H37ClN4. The van der Waals surface area contributed by atoms with Crippen LogP contribution in [0.5, 0.6) is 0 Å². The molecule has 0 bridgehead atoms. The second-order valence-electron chi connectivity index (χ2n) is 8.79. The number of halogens is 1. The van der Waals surface area contributed by atoms with Gasteiger partial charge in [0.2, 0.25) is 0 Å². The number of fused-ring (bicyclic) bond motifs is 1. The number of anilines is 2. The van der Waals surface area contributed by atoms with Gasteiger partial charge in [0.05, 0.1) is 11.2 Å². The third-order valence-corrected chi connectivity index (χ3v) is 6.31. The predicted molar refractivity (Wildman–Crippen MR) is 147 cm³/mol. The van der Waals surface area contributed by atoms with E-state index in [2.05, 4.69) is 86.4 Å². The zero-order valence-corrected chi connectivity index (χ0v) is 21.4. The number of aromatic nitrogens is 1. The standard InChI is InChI=1S/C28H37ClN4/c1-6-33(7-2)18-8-9-21(3)30-27-19-24(15-12-22-10-13-23(29)14-11-22)31-28-20-25(32(4)5)16-17-26(27)28/h10-17,19-21H,6-9,18H2,1-5H3,(H,30,31)/b15-12+/t21-/m1/s1. The van der Waals surface area contributed by atoms with Gasteiger partial charge in [-0.2, -0.15) is 0 Å². The summed E-state index contributed by atoms with van der Waals surface area (Å²) in [5, 5.41) is 5.66. The van der Waals surface area contributed by atoms with Crippen molar-refractivity contribution in [2.75, 3.05) is 43.9 Å². The van der Waals surface area contributed by atoms with E-state index in [9.17, 15) is 0 Å². The van der Waals surface area contributed by atoms with Crippen LogP contribution in [-0.4, -0.2) is 49.7 Å². The van der Waals surface area contributed by atoms with Crippen molar-refractivity contribution < 1.29 is 0 Å².